The molecule has 0 aliphatic carbocycles. The van der Waals surface area contributed by atoms with Crippen molar-refractivity contribution in [2.75, 3.05) is 21.7 Å². The number of nitrogens with zero attached hydrogens (tertiary/aromatic N) is 4. The topological polar surface area (TPSA) is 81.6 Å². The highest BCUT2D eigenvalue weighted by Gasteiger charge is 2.36. The van der Waals surface area contributed by atoms with Gasteiger partial charge in [0.1, 0.15) is 0 Å². The van der Waals surface area contributed by atoms with Gasteiger partial charge in [-0.05, 0) is 48.4 Å². The second kappa shape index (κ2) is 9.92. The molecule has 7 nitrogen and oxygen atoms in total. The van der Waals surface area contributed by atoms with E-state index >= 15 is 0 Å². The Labute approximate surface area is 212 Å². The monoisotopic (exact) mass is 505 g/mol. The Morgan fingerprint density at radius 3 is 2.46 bits per heavy atom. The number of carbonyl (C=O) groups excluding carboxylic acids is 1. The van der Waals surface area contributed by atoms with E-state index in [4.69, 9.17) is 28.2 Å². The summed E-state index contributed by atoms with van der Waals surface area (Å²) in [6.07, 6.45) is 2.16. The number of urea groups is 1. The Bertz CT molecular complexity index is 1360. The summed E-state index contributed by atoms with van der Waals surface area (Å²) in [5.41, 5.74) is 3.49. The zero-order valence-corrected chi connectivity index (χ0v) is 20.0. The van der Waals surface area contributed by atoms with Gasteiger partial charge in [-0.1, -0.05) is 59.6 Å². The van der Waals surface area contributed by atoms with E-state index in [1.807, 2.05) is 54.6 Å². The molecule has 1 aliphatic heterocycles. The quantitative estimate of drug-likeness (QED) is 0.319. The van der Waals surface area contributed by atoms with E-state index in [-0.39, 0.29) is 19.2 Å². The van der Waals surface area contributed by atoms with Crippen LogP contribution in [0.5, 0.6) is 0 Å². The van der Waals surface area contributed by atoms with Gasteiger partial charge in [0.15, 0.2) is 5.82 Å². The third-order valence-electron chi connectivity index (χ3n) is 5.61. The van der Waals surface area contributed by atoms with Gasteiger partial charge < -0.3 is 10.4 Å². The van der Waals surface area contributed by atoms with Gasteiger partial charge in [-0.15, -0.1) is 0 Å². The van der Waals surface area contributed by atoms with Gasteiger partial charge >= 0.3 is 6.03 Å². The number of fused-ring (bicyclic) bond motifs is 1. The highest BCUT2D eigenvalue weighted by Crippen LogP contribution is 2.41. The van der Waals surface area contributed by atoms with Crippen molar-refractivity contribution in [2.45, 2.75) is 13.0 Å². The molecule has 9 heteroatoms. The molecule has 0 radical (unpaired) electrons. The first-order valence-corrected chi connectivity index (χ1v) is 11.7. The molecule has 1 aliphatic rings. The van der Waals surface area contributed by atoms with Gasteiger partial charge in [-0.2, -0.15) is 4.98 Å². The number of aliphatic hydroxyl groups is 1. The minimum atomic E-state index is -0.349. The lowest BCUT2D eigenvalue weighted by molar-refractivity contribution is 0.252. The van der Waals surface area contributed by atoms with Gasteiger partial charge in [-0.25, -0.2) is 14.7 Å². The van der Waals surface area contributed by atoms with Crippen molar-refractivity contribution in [3.63, 3.8) is 0 Å². The van der Waals surface area contributed by atoms with Crippen LogP contribution in [0.2, 0.25) is 10.0 Å². The summed E-state index contributed by atoms with van der Waals surface area (Å²) in [6.45, 7) is 0.207. The average molecular weight is 506 g/mol. The zero-order chi connectivity index (χ0) is 24.4. The molecular formula is C26H21Cl2N5O2. The Morgan fingerprint density at radius 1 is 0.971 bits per heavy atom. The number of anilines is 5. The predicted molar refractivity (Wildman–Crippen MR) is 139 cm³/mol. The maximum absolute atomic E-state index is 13.9. The summed E-state index contributed by atoms with van der Waals surface area (Å²) in [7, 11) is 0. The number of rotatable bonds is 6. The van der Waals surface area contributed by atoms with Crippen molar-refractivity contribution >= 4 is 58.1 Å². The van der Waals surface area contributed by atoms with Crippen LogP contribution in [-0.4, -0.2) is 27.7 Å². The van der Waals surface area contributed by atoms with E-state index < -0.39 is 0 Å². The molecule has 5 rings (SSSR count). The first-order chi connectivity index (χ1) is 17.0. The molecule has 4 aromatic rings. The molecule has 2 heterocycles. The van der Waals surface area contributed by atoms with E-state index in [1.54, 1.807) is 24.4 Å². The van der Waals surface area contributed by atoms with E-state index in [9.17, 15) is 9.90 Å². The molecule has 0 saturated heterocycles. The van der Waals surface area contributed by atoms with Crippen molar-refractivity contribution in [1.82, 2.24) is 9.97 Å². The van der Waals surface area contributed by atoms with Gasteiger partial charge in [-0.3, -0.25) is 4.90 Å². The highest BCUT2D eigenvalue weighted by atomic mass is 35.5. The molecule has 176 valence electrons. The summed E-state index contributed by atoms with van der Waals surface area (Å²) in [5.74, 6) is 0.826. The Morgan fingerprint density at radius 2 is 1.71 bits per heavy atom. The van der Waals surface area contributed by atoms with E-state index in [1.165, 1.54) is 9.80 Å². The fourth-order valence-corrected chi connectivity index (χ4v) is 4.60. The van der Waals surface area contributed by atoms with Crippen molar-refractivity contribution in [3.8, 4) is 0 Å². The second-order valence-electron chi connectivity index (χ2n) is 7.95. The standard InChI is InChI=1S/C26H21Cl2N5O2/c27-21-10-5-11-22(28)23(21)32-16-18-15-29-25(30-19-7-2-1-3-8-19)31-24(18)33(26(32)35)20-9-4-6-17(14-20)12-13-34/h1-11,14-15,34H,12-13,16H2,(H,29,30,31). The molecule has 0 unspecified atom stereocenters. The number of para-hydroxylation sites is 2. The minimum Gasteiger partial charge on any atom is -0.396 e. The number of aromatic nitrogens is 2. The van der Waals surface area contributed by atoms with Gasteiger partial charge in [0.2, 0.25) is 5.95 Å². The number of halogens is 2. The zero-order valence-electron chi connectivity index (χ0n) is 18.5. The number of hydrogen-bond acceptors (Lipinski definition) is 5. The fraction of sp³-hybridized carbons (Fsp3) is 0.115. The number of hydrogen-bond donors (Lipinski definition) is 2. The third-order valence-corrected chi connectivity index (χ3v) is 6.22. The van der Waals surface area contributed by atoms with Crippen LogP contribution in [0, 0.1) is 0 Å². The molecule has 0 saturated carbocycles. The fourth-order valence-electron chi connectivity index (χ4n) is 4.00. The van der Waals surface area contributed by atoms with Crippen LogP contribution >= 0.6 is 23.2 Å². The maximum atomic E-state index is 13.9. The molecular weight excluding hydrogens is 485 g/mol. The summed E-state index contributed by atoms with van der Waals surface area (Å²) >= 11 is 12.9. The van der Waals surface area contributed by atoms with Gasteiger partial charge in [0.05, 0.1) is 28.0 Å². The largest absolute Gasteiger partial charge is 0.396 e. The second-order valence-corrected chi connectivity index (χ2v) is 8.77. The lowest BCUT2D eigenvalue weighted by Crippen LogP contribution is -2.45. The van der Waals surface area contributed by atoms with Crippen LogP contribution < -0.4 is 15.1 Å². The van der Waals surface area contributed by atoms with Crippen molar-refractivity contribution in [2.24, 2.45) is 0 Å². The van der Waals surface area contributed by atoms with E-state index in [2.05, 4.69) is 10.3 Å². The summed E-state index contributed by atoms with van der Waals surface area (Å²) < 4.78 is 0. The lowest BCUT2D eigenvalue weighted by atomic mass is 10.1. The molecule has 2 amide bonds. The van der Waals surface area contributed by atoms with Crippen LogP contribution in [0.25, 0.3) is 0 Å². The normalized spacial score (nSPS) is 13.1. The molecule has 0 fully saturated rings. The summed E-state index contributed by atoms with van der Waals surface area (Å²) in [4.78, 5) is 26.2. The number of benzene rings is 3. The molecule has 0 spiro atoms. The SMILES string of the molecule is O=C1N(c2c(Cl)cccc2Cl)Cc2cnc(Nc3ccccc3)nc2N1c1cccc(CCO)c1. The Kier molecular flexibility index (Phi) is 6.55. The van der Waals surface area contributed by atoms with Crippen LogP contribution in [0.15, 0.2) is 79.0 Å². The van der Waals surface area contributed by atoms with Crippen molar-refractivity contribution < 1.29 is 9.90 Å². The molecule has 2 N–H and O–H groups in total. The first-order valence-electron chi connectivity index (χ1n) is 11.0. The number of carbonyl (C=O) groups is 1. The van der Waals surface area contributed by atoms with Crippen LogP contribution in [0.1, 0.15) is 11.1 Å². The Hall–Kier alpha value is -3.65. The lowest BCUT2D eigenvalue weighted by Gasteiger charge is -2.36. The van der Waals surface area contributed by atoms with Crippen LogP contribution in [0.3, 0.4) is 0 Å². The first kappa shape index (κ1) is 23.1. The third kappa shape index (κ3) is 4.66. The molecule has 0 bridgehead atoms. The van der Waals surface area contributed by atoms with E-state index in [0.717, 1.165) is 16.8 Å². The number of amides is 2. The van der Waals surface area contributed by atoms with E-state index in [0.29, 0.717) is 39.6 Å². The average Bonchev–Trinajstić information content (AvgIpc) is 2.85. The molecule has 0 atom stereocenters. The van der Waals surface area contributed by atoms with Crippen LogP contribution in [0.4, 0.5) is 33.6 Å². The number of aliphatic hydroxyl groups excluding tert-OH is 1. The number of nitrogens with one attached hydrogen (secondary N) is 1. The minimum absolute atomic E-state index is 0.00264. The van der Waals surface area contributed by atoms with Gasteiger partial charge in [0.25, 0.3) is 0 Å². The predicted octanol–water partition coefficient (Wildman–Crippen LogP) is 6.34. The molecule has 1 aromatic heterocycles. The van der Waals surface area contributed by atoms with Crippen LogP contribution in [-0.2, 0) is 13.0 Å². The summed E-state index contributed by atoms with van der Waals surface area (Å²) in [6, 6.07) is 21.8. The maximum Gasteiger partial charge on any atom is 0.335 e. The Balaban J connectivity index is 1.63. The molecule has 3 aromatic carbocycles. The van der Waals surface area contributed by atoms with Gasteiger partial charge in [0, 0.05) is 24.1 Å². The van der Waals surface area contributed by atoms with Crippen molar-refractivity contribution in [1.29, 1.82) is 0 Å². The highest BCUT2D eigenvalue weighted by molar-refractivity contribution is 6.40. The van der Waals surface area contributed by atoms with Crippen molar-refractivity contribution in [3.05, 3.63) is 100 Å². The smallest absolute Gasteiger partial charge is 0.335 e. The summed E-state index contributed by atoms with van der Waals surface area (Å²) in [5, 5.41) is 13.3. The molecule has 35 heavy (non-hydrogen) atoms.